The molecule has 2 aliphatic heterocycles. The van der Waals surface area contributed by atoms with E-state index < -0.39 is 28.0 Å². The summed E-state index contributed by atoms with van der Waals surface area (Å²) in [6.07, 6.45) is 3.66. The van der Waals surface area contributed by atoms with Gasteiger partial charge in [0.2, 0.25) is 28.6 Å². The lowest BCUT2D eigenvalue weighted by Gasteiger charge is -2.39. The first-order valence-electron chi connectivity index (χ1n) is 18.7. The Hall–Kier alpha value is -4.65. The first-order valence-corrected chi connectivity index (χ1v) is 20.2. The minimum atomic E-state index is -4.13. The van der Waals surface area contributed by atoms with Gasteiger partial charge < -0.3 is 24.4 Å². The molecule has 0 aliphatic carbocycles. The average molecular weight is 757 g/mol. The van der Waals surface area contributed by atoms with Crippen molar-refractivity contribution in [2.45, 2.75) is 101 Å². The lowest BCUT2D eigenvalue weighted by molar-refractivity contribution is -0.136. The quantitative estimate of drug-likeness (QED) is 0.153. The van der Waals surface area contributed by atoms with Gasteiger partial charge in [-0.2, -0.15) is 0 Å². The number of rotatable bonds is 14. The van der Waals surface area contributed by atoms with Gasteiger partial charge in [0, 0.05) is 44.6 Å². The van der Waals surface area contributed by atoms with Gasteiger partial charge in [-0.25, -0.2) is 13.1 Å². The van der Waals surface area contributed by atoms with Gasteiger partial charge in [0.25, 0.3) is 0 Å². The van der Waals surface area contributed by atoms with E-state index in [0.717, 1.165) is 22.9 Å². The standard InChI is InChI=1S/C42H52N4O7S/c1-27(2)45(5)42(48)38(20-30-10-12-31(13-11-30)25-46-28(3)8-7-9-29(46)4)43-41(47)24-37(34-16-19-39-40(23-34)53-26-52-39)44-54(49,50)36-18-15-32-21-35(51-6)17-14-33(32)22-36/h10-19,21-23,27-29,37-38,44H,7-9,20,24-26H2,1-6H3,(H,43,47)/t28-,29+,37-,38-/m1/s1. The van der Waals surface area contributed by atoms with Crippen molar-refractivity contribution in [1.82, 2.24) is 19.8 Å². The monoisotopic (exact) mass is 756 g/mol. The number of hydrogen-bond acceptors (Lipinski definition) is 8. The van der Waals surface area contributed by atoms with Crippen LogP contribution in [0.4, 0.5) is 0 Å². The van der Waals surface area contributed by atoms with Crippen molar-refractivity contribution in [2.75, 3.05) is 21.0 Å². The topological polar surface area (TPSA) is 127 Å². The number of nitrogens with zero attached hydrogens (tertiary/aromatic N) is 2. The van der Waals surface area contributed by atoms with E-state index in [2.05, 4.69) is 40.9 Å². The van der Waals surface area contributed by atoms with Crippen molar-refractivity contribution in [3.05, 3.63) is 95.6 Å². The second-order valence-corrected chi connectivity index (χ2v) is 16.6. The third-order valence-electron chi connectivity index (χ3n) is 10.8. The number of benzene rings is 4. The Morgan fingerprint density at radius 2 is 1.56 bits per heavy atom. The number of nitrogens with one attached hydrogen (secondary N) is 2. The van der Waals surface area contributed by atoms with Crippen molar-refractivity contribution < 1.29 is 32.2 Å². The Morgan fingerprint density at radius 1 is 0.889 bits per heavy atom. The molecule has 1 fully saturated rings. The highest BCUT2D eigenvalue weighted by atomic mass is 32.2. The highest BCUT2D eigenvalue weighted by Crippen LogP contribution is 2.35. The van der Waals surface area contributed by atoms with Gasteiger partial charge in [0.1, 0.15) is 11.8 Å². The Kier molecular flexibility index (Phi) is 12.1. The molecule has 288 valence electrons. The van der Waals surface area contributed by atoms with Crippen molar-refractivity contribution in [2.24, 2.45) is 0 Å². The fourth-order valence-corrected chi connectivity index (χ4v) is 8.52. The number of amides is 2. The molecular formula is C42H52N4O7S. The number of piperidine rings is 1. The van der Waals surface area contributed by atoms with Gasteiger partial charge in [0.05, 0.1) is 18.0 Å². The zero-order valence-corrected chi connectivity index (χ0v) is 32.8. The van der Waals surface area contributed by atoms with Gasteiger partial charge >= 0.3 is 0 Å². The highest BCUT2D eigenvalue weighted by molar-refractivity contribution is 7.89. The fourth-order valence-electron chi connectivity index (χ4n) is 7.26. The van der Waals surface area contributed by atoms with Crippen molar-refractivity contribution in [1.29, 1.82) is 0 Å². The van der Waals surface area contributed by atoms with Gasteiger partial charge in [-0.05, 0) is 104 Å². The van der Waals surface area contributed by atoms with E-state index in [-0.39, 0.29) is 36.5 Å². The predicted molar refractivity (Wildman–Crippen MR) is 209 cm³/mol. The normalized spacial score (nSPS) is 18.4. The summed E-state index contributed by atoms with van der Waals surface area (Å²) in [4.78, 5) is 32.0. The summed E-state index contributed by atoms with van der Waals surface area (Å²) in [6.45, 7) is 9.32. The molecule has 0 unspecified atom stereocenters. The van der Waals surface area contributed by atoms with Crippen LogP contribution in [0.1, 0.15) is 76.1 Å². The Morgan fingerprint density at radius 3 is 2.26 bits per heavy atom. The zero-order valence-electron chi connectivity index (χ0n) is 32.0. The van der Waals surface area contributed by atoms with E-state index in [0.29, 0.717) is 34.9 Å². The molecule has 0 bridgehead atoms. The molecule has 1 saturated heterocycles. The predicted octanol–water partition coefficient (Wildman–Crippen LogP) is 6.34. The molecule has 11 nitrogen and oxygen atoms in total. The van der Waals surface area contributed by atoms with Crippen LogP contribution in [-0.2, 0) is 32.6 Å². The molecular weight excluding hydrogens is 705 g/mol. The van der Waals surface area contributed by atoms with Crippen LogP contribution in [0.2, 0.25) is 0 Å². The lowest BCUT2D eigenvalue weighted by atomic mass is 9.96. The van der Waals surface area contributed by atoms with Crippen LogP contribution in [-0.4, -0.2) is 75.1 Å². The van der Waals surface area contributed by atoms with Crippen LogP contribution in [0.25, 0.3) is 10.8 Å². The minimum absolute atomic E-state index is 0.0438. The molecule has 4 aromatic rings. The Bertz CT molecular complexity index is 2060. The maximum Gasteiger partial charge on any atom is 0.245 e. The summed E-state index contributed by atoms with van der Waals surface area (Å²) in [7, 11) is -0.830. The van der Waals surface area contributed by atoms with Gasteiger partial charge in [-0.15, -0.1) is 0 Å². The molecule has 0 saturated carbocycles. The molecule has 0 spiro atoms. The van der Waals surface area contributed by atoms with E-state index in [4.69, 9.17) is 14.2 Å². The van der Waals surface area contributed by atoms with E-state index in [9.17, 15) is 18.0 Å². The van der Waals surface area contributed by atoms with Gasteiger partial charge in [-0.3, -0.25) is 14.5 Å². The summed E-state index contributed by atoms with van der Waals surface area (Å²) in [5.41, 5.74) is 2.63. The molecule has 0 aromatic heterocycles. The second-order valence-electron chi connectivity index (χ2n) is 14.9. The molecule has 2 N–H and O–H groups in total. The van der Waals surface area contributed by atoms with Crippen LogP contribution in [0.3, 0.4) is 0 Å². The third-order valence-corrected chi connectivity index (χ3v) is 12.2. The van der Waals surface area contributed by atoms with E-state index in [1.54, 1.807) is 61.5 Å². The largest absolute Gasteiger partial charge is 0.497 e. The van der Waals surface area contributed by atoms with E-state index in [1.165, 1.54) is 30.9 Å². The van der Waals surface area contributed by atoms with E-state index >= 15 is 0 Å². The van der Waals surface area contributed by atoms with Crippen LogP contribution in [0.15, 0.2) is 83.8 Å². The SMILES string of the molecule is COc1ccc2cc(S(=O)(=O)N[C@H](CC(=O)N[C@H](Cc3ccc(CN4[C@H](C)CCC[C@@H]4C)cc3)C(=O)N(C)C(C)C)c3ccc4c(c3)OCO4)ccc2c1. The molecule has 54 heavy (non-hydrogen) atoms. The number of sulfonamides is 1. The minimum Gasteiger partial charge on any atom is -0.497 e. The maximum absolute atomic E-state index is 14.0. The van der Waals surface area contributed by atoms with Gasteiger partial charge in [-0.1, -0.05) is 48.9 Å². The maximum atomic E-state index is 14.0. The Balaban J connectivity index is 1.22. The van der Waals surface area contributed by atoms with Crippen LogP contribution >= 0.6 is 0 Å². The fraction of sp³-hybridized carbons (Fsp3) is 0.429. The number of carbonyl (C=O) groups excluding carboxylic acids is 2. The number of carbonyl (C=O) groups is 2. The number of ether oxygens (including phenoxy) is 3. The number of likely N-dealkylation sites (N-methyl/N-ethyl adjacent to an activating group) is 1. The smallest absolute Gasteiger partial charge is 0.245 e. The number of hydrogen-bond donors (Lipinski definition) is 2. The molecule has 2 heterocycles. The lowest BCUT2D eigenvalue weighted by Crippen LogP contribution is -2.50. The van der Waals surface area contributed by atoms with Crippen LogP contribution in [0, 0.1) is 0 Å². The summed E-state index contributed by atoms with van der Waals surface area (Å²) in [6, 6.07) is 22.7. The zero-order chi connectivity index (χ0) is 38.6. The summed E-state index contributed by atoms with van der Waals surface area (Å²) in [5, 5.41) is 4.51. The molecule has 2 amide bonds. The first-order chi connectivity index (χ1) is 25.8. The van der Waals surface area contributed by atoms with Gasteiger partial charge in [0.15, 0.2) is 11.5 Å². The average Bonchev–Trinajstić information content (AvgIpc) is 3.63. The summed E-state index contributed by atoms with van der Waals surface area (Å²) < 4.78 is 47.0. The first kappa shape index (κ1) is 39.1. The van der Waals surface area contributed by atoms with Crippen molar-refractivity contribution in [3.8, 4) is 17.2 Å². The third kappa shape index (κ3) is 9.17. The van der Waals surface area contributed by atoms with Crippen LogP contribution < -0.4 is 24.2 Å². The molecule has 2 aliphatic rings. The Labute approximate surface area is 319 Å². The van der Waals surface area contributed by atoms with Crippen molar-refractivity contribution >= 4 is 32.6 Å². The number of likely N-dealkylation sites (tertiary alicyclic amines) is 1. The molecule has 0 radical (unpaired) electrons. The van der Waals surface area contributed by atoms with Crippen LogP contribution in [0.5, 0.6) is 17.2 Å². The molecule has 12 heteroatoms. The highest BCUT2D eigenvalue weighted by Gasteiger charge is 2.30. The summed E-state index contributed by atoms with van der Waals surface area (Å²) in [5.74, 6) is 0.937. The molecule has 4 atom stereocenters. The molecule has 4 aromatic carbocycles. The molecule has 6 rings (SSSR count). The summed E-state index contributed by atoms with van der Waals surface area (Å²) >= 11 is 0. The number of fused-ring (bicyclic) bond motifs is 2. The number of methoxy groups -OCH3 is 1. The van der Waals surface area contributed by atoms with Crippen molar-refractivity contribution in [3.63, 3.8) is 0 Å². The van der Waals surface area contributed by atoms with E-state index in [1.807, 2.05) is 32.0 Å². The second kappa shape index (κ2) is 16.8.